The van der Waals surface area contributed by atoms with Crippen LogP contribution in [0.15, 0.2) is 40.8 Å². The number of sulfonamides is 1. The molecule has 1 aromatic carbocycles. The van der Waals surface area contributed by atoms with Crippen LogP contribution in [0, 0.1) is 5.92 Å². The Morgan fingerprint density at radius 1 is 1.29 bits per heavy atom. The Balaban J connectivity index is 2.03. The van der Waals surface area contributed by atoms with Crippen LogP contribution in [0.2, 0.25) is 0 Å². The van der Waals surface area contributed by atoms with Gasteiger partial charge in [-0.15, -0.1) is 0 Å². The molecule has 2 aliphatic rings. The summed E-state index contributed by atoms with van der Waals surface area (Å²) in [5, 5.41) is 0. The molecule has 2 N–H and O–H groups in total. The molecular formula is C16H18N2O5S. The van der Waals surface area contributed by atoms with Gasteiger partial charge in [0.2, 0.25) is 10.0 Å². The van der Waals surface area contributed by atoms with Gasteiger partial charge >= 0.3 is 5.97 Å². The van der Waals surface area contributed by atoms with E-state index in [0.29, 0.717) is 0 Å². The number of anilines is 1. The highest BCUT2D eigenvalue weighted by Gasteiger charge is 2.45. The van der Waals surface area contributed by atoms with Gasteiger partial charge in [-0.05, 0) is 24.6 Å². The van der Waals surface area contributed by atoms with E-state index in [9.17, 15) is 18.0 Å². The van der Waals surface area contributed by atoms with E-state index in [-0.39, 0.29) is 41.7 Å². The molecule has 8 heteroatoms. The number of para-hydroxylation sites is 1. The minimum absolute atomic E-state index is 0.0444. The number of carbonyl (C=O) groups is 2. The van der Waals surface area contributed by atoms with Crippen molar-refractivity contribution in [2.24, 2.45) is 5.92 Å². The number of allylic oxidation sites excluding steroid dienone is 1. The van der Waals surface area contributed by atoms with Crippen LogP contribution in [0.5, 0.6) is 0 Å². The Kier molecular flexibility index (Phi) is 4.18. The van der Waals surface area contributed by atoms with Gasteiger partial charge in [0, 0.05) is 18.9 Å². The summed E-state index contributed by atoms with van der Waals surface area (Å²) < 4.78 is 32.0. The summed E-state index contributed by atoms with van der Waals surface area (Å²) in [5.74, 6) is -0.887. The van der Waals surface area contributed by atoms with Crippen molar-refractivity contribution in [3.63, 3.8) is 0 Å². The number of hydrogen-bond donors (Lipinski definition) is 1. The van der Waals surface area contributed by atoms with Crippen LogP contribution in [0.4, 0.5) is 5.69 Å². The molecule has 0 aromatic heterocycles. The largest absolute Gasteiger partial charge is 0.468 e. The molecule has 128 valence electrons. The number of nitrogens with two attached hydrogens (primary N) is 1. The van der Waals surface area contributed by atoms with Crippen molar-refractivity contribution in [3.05, 3.63) is 35.9 Å². The number of fused-ring (bicyclic) bond motifs is 1. The molecule has 1 fully saturated rings. The zero-order valence-corrected chi connectivity index (χ0v) is 14.0. The number of ketones is 1. The van der Waals surface area contributed by atoms with E-state index in [0.717, 1.165) is 9.88 Å². The zero-order chi connectivity index (χ0) is 17.5. The Morgan fingerprint density at radius 2 is 2.00 bits per heavy atom. The number of ether oxygens (including phenoxy) is 1. The topological polar surface area (TPSA) is 107 Å². The fraction of sp³-hybridized carbons (Fsp3) is 0.375. The molecule has 0 amide bonds. The molecule has 1 saturated heterocycles. The van der Waals surface area contributed by atoms with Gasteiger partial charge in [0.25, 0.3) is 0 Å². The number of nitrogen functional groups attached to an aromatic ring is 1. The maximum Gasteiger partial charge on any atom is 0.324 e. The van der Waals surface area contributed by atoms with Crippen molar-refractivity contribution in [2.45, 2.75) is 23.8 Å². The highest BCUT2D eigenvalue weighted by Crippen LogP contribution is 2.38. The van der Waals surface area contributed by atoms with Crippen LogP contribution in [-0.4, -0.2) is 44.2 Å². The maximum atomic E-state index is 13.0. The highest BCUT2D eigenvalue weighted by molar-refractivity contribution is 7.89. The molecule has 24 heavy (non-hydrogen) atoms. The Labute approximate surface area is 140 Å². The number of esters is 1. The van der Waals surface area contributed by atoms with Gasteiger partial charge < -0.3 is 10.5 Å². The quantitative estimate of drug-likeness (QED) is 0.636. The fourth-order valence-electron chi connectivity index (χ4n) is 3.28. The van der Waals surface area contributed by atoms with Crippen molar-refractivity contribution >= 4 is 27.5 Å². The molecule has 1 aliphatic carbocycles. The van der Waals surface area contributed by atoms with Gasteiger partial charge in [-0.2, -0.15) is 4.31 Å². The monoisotopic (exact) mass is 350 g/mol. The Bertz CT molecular complexity index is 831. The summed E-state index contributed by atoms with van der Waals surface area (Å²) in [5.41, 5.74) is 6.73. The lowest BCUT2D eigenvalue weighted by molar-refractivity contribution is -0.145. The number of hydrogen-bond acceptors (Lipinski definition) is 6. The number of benzene rings is 1. The SMILES string of the molecule is COC(=O)[C@@H]1CC2=CC(=O)C[C@@H]2CN1S(=O)(=O)c1ccccc1N. The number of piperidine rings is 1. The number of rotatable bonds is 3. The molecule has 0 unspecified atom stereocenters. The van der Waals surface area contributed by atoms with Crippen molar-refractivity contribution in [1.29, 1.82) is 0 Å². The first-order chi connectivity index (χ1) is 11.3. The number of carbonyl (C=O) groups excluding carboxylic acids is 2. The third kappa shape index (κ3) is 2.71. The molecular weight excluding hydrogens is 332 g/mol. The van der Waals surface area contributed by atoms with Gasteiger partial charge in [-0.25, -0.2) is 8.42 Å². The molecule has 0 bridgehead atoms. The van der Waals surface area contributed by atoms with Crippen LogP contribution in [-0.2, 0) is 24.3 Å². The van der Waals surface area contributed by atoms with Gasteiger partial charge in [0.15, 0.2) is 5.78 Å². The van der Waals surface area contributed by atoms with E-state index < -0.39 is 22.0 Å². The third-order valence-electron chi connectivity index (χ3n) is 4.47. The van der Waals surface area contributed by atoms with E-state index in [1.165, 1.54) is 25.3 Å². The van der Waals surface area contributed by atoms with Crippen LogP contribution in [0.3, 0.4) is 0 Å². The minimum Gasteiger partial charge on any atom is -0.468 e. The van der Waals surface area contributed by atoms with E-state index in [1.54, 1.807) is 12.1 Å². The average Bonchev–Trinajstić information content (AvgIpc) is 2.92. The normalized spacial score (nSPS) is 24.4. The lowest BCUT2D eigenvalue weighted by Gasteiger charge is -2.37. The molecule has 0 saturated carbocycles. The molecule has 0 spiro atoms. The minimum atomic E-state index is -3.98. The van der Waals surface area contributed by atoms with Crippen LogP contribution in [0.25, 0.3) is 0 Å². The molecule has 3 rings (SSSR count). The van der Waals surface area contributed by atoms with Crippen LogP contribution >= 0.6 is 0 Å². The molecule has 1 aliphatic heterocycles. The molecule has 7 nitrogen and oxygen atoms in total. The molecule has 2 atom stereocenters. The average molecular weight is 350 g/mol. The van der Waals surface area contributed by atoms with Crippen LogP contribution in [0.1, 0.15) is 12.8 Å². The second kappa shape index (κ2) is 6.03. The summed E-state index contributed by atoms with van der Waals surface area (Å²) in [4.78, 5) is 23.7. The fourth-order valence-corrected chi connectivity index (χ4v) is 5.02. The van der Waals surface area contributed by atoms with Gasteiger partial charge in [-0.1, -0.05) is 17.7 Å². The van der Waals surface area contributed by atoms with E-state index in [1.807, 2.05) is 0 Å². The summed E-state index contributed by atoms with van der Waals surface area (Å²) in [6, 6.07) is 5.12. The predicted molar refractivity (Wildman–Crippen MR) is 86.4 cm³/mol. The Morgan fingerprint density at radius 3 is 2.67 bits per heavy atom. The van der Waals surface area contributed by atoms with E-state index in [4.69, 9.17) is 10.5 Å². The first-order valence-corrected chi connectivity index (χ1v) is 8.96. The zero-order valence-electron chi connectivity index (χ0n) is 13.1. The third-order valence-corrected chi connectivity index (χ3v) is 6.42. The first-order valence-electron chi connectivity index (χ1n) is 7.52. The van der Waals surface area contributed by atoms with Crippen molar-refractivity contribution in [1.82, 2.24) is 4.31 Å². The second-order valence-corrected chi connectivity index (χ2v) is 7.80. The van der Waals surface area contributed by atoms with Crippen molar-refractivity contribution < 1.29 is 22.7 Å². The summed E-state index contributed by atoms with van der Waals surface area (Å²) in [6.07, 6.45) is 1.94. The number of nitrogens with zero attached hydrogens (tertiary/aromatic N) is 1. The van der Waals surface area contributed by atoms with Crippen molar-refractivity contribution in [3.8, 4) is 0 Å². The predicted octanol–water partition coefficient (Wildman–Crippen LogP) is 0.720. The highest BCUT2D eigenvalue weighted by atomic mass is 32.2. The Hall–Kier alpha value is -2.19. The summed E-state index contributed by atoms with van der Waals surface area (Å²) in [6.45, 7) is 0.0635. The maximum absolute atomic E-state index is 13.0. The first kappa shape index (κ1) is 16.7. The van der Waals surface area contributed by atoms with E-state index in [2.05, 4.69) is 0 Å². The smallest absolute Gasteiger partial charge is 0.324 e. The lowest BCUT2D eigenvalue weighted by Crippen LogP contribution is -2.51. The summed E-state index contributed by atoms with van der Waals surface area (Å²) in [7, 11) is -2.77. The van der Waals surface area contributed by atoms with Gasteiger partial charge in [0.05, 0.1) is 12.8 Å². The second-order valence-electron chi connectivity index (χ2n) is 5.94. The summed E-state index contributed by atoms with van der Waals surface area (Å²) >= 11 is 0. The van der Waals surface area contributed by atoms with Gasteiger partial charge in [0.1, 0.15) is 10.9 Å². The van der Waals surface area contributed by atoms with Crippen LogP contribution < -0.4 is 5.73 Å². The van der Waals surface area contributed by atoms with E-state index >= 15 is 0 Å². The number of methoxy groups -OCH3 is 1. The van der Waals surface area contributed by atoms with Gasteiger partial charge in [-0.3, -0.25) is 9.59 Å². The molecule has 1 aromatic rings. The lowest BCUT2D eigenvalue weighted by atomic mass is 9.91. The van der Waals surface area contributed by atoms with Crippen molar-refractivity contribution in [2.75, 3.05) is 19.4 Å². The molecule has 0 radical (unpaired) electrons. The standard InChI is InChI=1S/C16H18N2O5S/c1-23-16(20)14-8-10-6-12(19)7-11(10)9-18(14)24(21,22)15-5-3-2-4-13(15)17/h2-6,11,14H,7-9,17H2,1H3/t11-,14+/m1/s1. The molecule has 1 heterocycles.